The van der Waals surface area contributed by atoms with E-state index in [9.17, 15) is 4.57 Å². The fourth-order valence-corrected chi connectivity index (χ4v) is 3.69. The molecule has 0 aliphatic rings. The molecule has 0 fully saturated rings. The first kappa shape index (κ1) is 16.9. The number of benzene rings is 1. The van der Waals surface area contributed by atoms with Crippen molar-refractivity contribution in [1.29, 1.82) is 0 Å². The summed E-state index contributed by atoms with van der Waals surface area (Å²) in [7, 11) is -1.87. The number of aryl methyl sites for hydroxylation is 1. The summed E-state index contributed by atoms with van der Waals surface area (Å²) in [6, 6.07) is 5.55. The second kappa shape index (κ2) is 7.58. The monoisotopic (exact) mass is 299 g/mol. The molecule has 0 N–H and O–H groups in total. The van der Waals surface area contributed by atoms with E-state index in [2.05, 4.69) is 5.16 Å². The van der Waals surface area contributed by atoms with Crippen molar-refractivity contribution in [2.75, 3.05) is 20.3 Å². The number of hydrogen-bond donors (Lipinski definition) is 0. The molecule has 0 saturated carbocycles. The Kier molecular flexibility index (Phi) is 6.40. The third-order valence-electron chi connectivity index (χ3n) is 2.66. The van der Waals surface area contributed by atoms with Gasteiger partial charge in [0.25, 0.3) is 0 Å². The van der Waals surface area contributed by atoms with Gasteiger partial charge in [-0.25, -0.2) is 0 Å². The molecule has 0 saturated heterocycles. The zero-order chi connectivity index (χ0) is 15.2. The van der Waals surface area contributed by atoms with E-state index < -0.39 is 7.60 Å². The average Bonchev–Trinajstić information content (AvgIpc) is 2.39. The van der Waals surface area contributed by atoms with Crippen molar-refractivity contribution < 1.29 is 18.5 Å². The van der Waals surface area contributed by atoms with Crippen LogP contribution in [0.15, 0.2) is 23.4 Å². The minimum absolute atomic E-state index is 0.311. The second-order valence-corrected chi connectivity index (χ2v) is 6.21. The molecule has 5 nitrogen and oxygen atoms in total. The fraction of sp³-hybridized carbons (Fsp3) is 0.500. The third kappa shape index (κ3) is 3.92. The molecule has 0 heterocycles. The lowest BCUT2D eigenvalue weighted by molar-refractivity contribution is 0.213. The van der Waals surface area contributed by atoms with Crippen LogP contribution in [0.5, 0.6) is 0 Å². The minimum atomic E-state index is -3.34. The zero-order valence-corrected chi connectivity index (χ0v) is 13.6. The first-order valence-corrected chi connectivity index (χ1v) is 8.11. The van der Waals surface area contributed by atoms with Crippen LogP contribution in [0.2, 0.25) is 0 Å². The van der Waals surface area contributed by atoms with Gasteiger partial charge in [-0.1, -0.05) is 16.8 Å². The number of rotatable bonds is 7. The van der Waals surface area contributed by atoms with E-state index in [-0.39, 0.29) is 0 Å². The van der Waals surface area contributed by atoms with Crippen LogP contribution in [0.3, 0.4) is 0 Å². The Labute approximate surface area is 120 Å². The Morgan fingerprint density at radius 3 is 2.35 bits per heavy atom. The lowest BCUT2D eigenvalue weighted by Gasteiger charge is -2.20. The van der Waals surface area contributed by atoms with E-state index in [4.69, 9.17) is 13.9 Å². The summed E-state index contributed by atoms with van der Waals surface area (Å²) < 4.78 is 23.7. The Bertz CT molecular complexity index is 518. The molecule has 0 aliphatic heterocycles. The maximum Gasteiger partial charge on any atom is 0.361 e. The summed E-state index contributed by atoms with van der Waals surface area (Å²) in [5, 5.41) is 4.43. The maximum atomic E-state index is 12.9. The van der Waals surface area contributed by atoms with Gasteiger partial charge < -0.3 is 13.9 Å². The van der Waals surface area contributed by atoms with Crippen LogP contribution in [0.1, 0.15) is 31.9 Å². The smallest absolute Gasteiger partial charge is 0.361 e. The van der Waals surface area contributed by atoms with Crippen molar-refractivity contribution in [2.45, 2.75) is 27.7 Å². The maximum absolute atomic E-state index is 12.9. The largest absolute Gasteiger partial charge is 0.399 e. The Hall–Kier alpha value is -1.16. The summed E-state index contributed by atoms with van der Waals surface area (Å²) in [5.41, 5.74) is 2.39. The predicted molar refractivity (Wildman–Crippen MR) is 80.9 cm³/mol. The molecule has 1 rings (SSSR count). The molecule has 0 atom stereocenters. The Morgan fingerprint density at radius 2 is 1.85 bits per heavy atom. The molecule has 112 valence electrons. The highest BCUT2D eigenvalue weighted by Crippen LogP contribution is 2.47. The van der Waals surface area contributed by atoms with E-state index in [1.54, 1.807) is 26.8 Å². The molecular formula is C14H22NO4P. The van der Waals surface area contributed by atoms with Crippen LogP contribution >= 0.6 is 7.60 Å². The van der Waals surface area contributed by atoms with Crippen molar-refractivity contribution in [3.05, 3.63) is 29.3 Å². The molecule has 20 heavy (non-hydrogen) atoms. The fourth-order valence-electron chi connectivity index (χ4n) is 1.88. The molecule has 0 radical (unpaired) electrons. The Balaban J connectivity index is 3.42. The summed E-state index contributed by atoms with van der Waals surface area (Å²) >= 11 is 0. The quantitative estimate of drug-likeness (QED) is 0.440. The van der Waals surface area contributed by atoms with Crippen LogP contribution in [0, 0.1) is 6.92 Å². The molecule has 0 unspecified atom stereocenters. The van der Waals surface area contributed by atoms with Crippen molar-refractivity contribution in [2.24, 2.45) is 5.16 Å². The van der Waals surface area contributed by atoms with Crippen molar-refractivity contribution in [3.63, 3.8) is 0 Å². The summed E-state index contributed by atoms with van der Waals surface area (Å²) in [6.07, 6.45) is 0. The summed E-state index contributed by atoms with van der Waals surface area (Å²) in [6.45, 7) is 7.95. The minimum Gasteiger partial charge on any atom is -0.399 e. The Morgan fingerprint density at radius 1 is 1.25 bits per heavy atom. The second-order valence-electron chi connectivity index (χ2n) is 4.21. The molecule has 0 amide bonds. The van der Waals surface area contributed by atoms with Gasteiger partial charge in [0.1, 0.15) is 7.11 Å². The van der Waals surface area contributed by atoms with E-state index in [0.717, 1.165) is 11.1 Å². The standard InChI is InChI=1S/C14H22NO4P/c1-6-18-20(16,19-7-2)14-9-8-11(3)10-13(14)12(4)15-17-5/h8-10H,6-7H2,1-5H3/b15-12+. The van der Waals surface area contributed by atoms with Crippen LogP contribution in [-0.2, 0) is 18.5 Å². The zero-order valence-electron chi connectivity index (χ0n) is 12.7. The topological polar surface area (TPSA) is 57.1 Å². The first-order chi connectivity index (χ1) is 9.48. The molecule has 0 aliphatic carbocycles. The van der Waals surface area contributed by atoms with Gasteiger partial charge in [0.05, 0.1) is 24.2 Å². The van der Waals surface area contributed by atoms with Gasteiger partial charge in [-0.05, 0) is 39.8 Å². The molecule has 0 aromatic heterocycles. The van der Waals surface area contributed by atoms with Crippen molar-refractivity contribution >= 4 is 18.6 Å². The highest BCUT2D eigenvalue weighted by molar-refractivity contribution is 7.62. The molecule has 1 aromatic rings. The average molecular weight is 299 g/mol. The summed E-state index contributed by atoms with van der Waals surface area (Å²) in [5.74, 6) is 0. The molecule has 0 bridgehead atoms. The van der Waals surface area contributed by atoms with Crippen LogP contribution in [0.25, 0.3) is 0 Å². The van der Waals surface area contributed by atoms with Crippen LogP contribution in [0.4, 0.5) is 0 Å². The normalized spacial score (nSPS) is 12.6. The highest BCUT2D eigenvalue weighted by atomic mass is 31.2. The van der Waals surface area contributed by atoms with Gasteiger partial charge in [0.2, 0.25) is 0 Å². The third-order valence-corrected chi connectivity index (χ3v) is 4.84. The van der Waals surface area contributed by atoms with Gasteiger partial charge in [-0.3, -0.25) is 4.57 Å². The first-order valence-electron chi connectivity index (χ1n) is 6.57. The van der Waals surface area contributed by atoms with Gasteiger partial charge in [-0.15, -0.1) is 0 Å². The van der Waals surface area contributed by atoms with Crippen molar-refractivity contribution in [3.8, 4) is 0 Å². The highest BCUT2D eigenvalue weighted by Gasteiger charge is 2.30. The number of hydrogen-bond acceptors (Lipinski definition) is 5. The van der Waals surface area contributed by atoms with E-state index in [1.165, 1.54) is 7.11 Å². The van der Waals surface area contributed by atoms with Crippen LogP contribution in [-0.4, -0.2) is 26.0 Å². The molecule has 0 spiro atoms. The van der Waals surface area contributed by atoms with E-state index >= 15 is 0 Å². The van der Waals surface area contributed by atoms with Gasteiger partial charge in [0.15, 0.2) is 0 Å². The predicted octanol–water partition coefficient (Wildman–Crippen LogP) is 3.26. The van der Waals surface area contributed by atoms with Crippen LogP contribution < -0.4 is 5.30 Å². The molecule has 6 heteroatoms. The van der Waals surface area contributed by atoms with Gasteiger partial charge in [0, 0.05) is 5.56 Å². The van der Waals surface area contributed by atoms with Gasteiger partial charge in [-0.2, -0.15) is 0 Å². The number of nitrogens with zero attached hydrogens (tertiary/aromatic N) is 1. The number of oxime groups is 1. The SMILES string of the molecule is CCOP(=O)(OCC)c1ccc(C)cc1/C(C)=N/OC. The van der Waals surface area contributed by atoms with Crippen molar-refractivity contribution in [1.82, 2.24) is 0 Å². The lowest BCUT2D eigenvalue weighted by Crippen LogP contribution is -2.19. The summed E-state index contributed by atoms with van der Waals surface area (Å²) in [4.78, 5) is 4.80. The molecule has 1 aromatic carbocycles. The lowest BCUT2D eigenvalue weighted by atomic mass is 10.1. The van der Waals surface area contributed by atoms with E-state index in [1.807, 2.05) is 19.1 Å². The molecular weight excluding hydrogens is 277 g/mol. The van der Waals surface area contributed by atoms with E-state index in [0.29, 0.717) is 24.2 Å². The van der Waals surface area contributed by atoms with Gasteiger partial charge >= 0.3 is 7.60 Å².